The van der Waals surface area contributed by atoms with E-state index in [4.69, 9.17) is 5.73 Å². The molecule has 0 fully saturated rings. The number of anilines is 2. The average molecular weight is 269 g/mol. The van der Waals surface area contributed by atoms with Gasteiger partial charge in [-0.05, 0) is 24.3 Å². The molecule has 0 saturated heterocycles. The SMILES string of the molecule is Nc1n[nH]c(C(=O)Nc2cccc(-n3cccn3)c2)n1. The van der Waals surface area contributed by atoms with Gasteiger partial charge in [-0.15, -0.1) is 5.10 Å². The van der Waals surface area contributed by atoms with Crippen molar-refractivity contribution < 1.29 is 4.79 Å². The van der Waals surface area contributed by atoms with Gasteiger partial charge in [0.25, 0.3) is 5.91 Å². The summed E-state index contributed by atoms with van der Waals surface area (Å²) in [5, 5.41) is 12.9. The number of nitrogen functional groups attached to an aromatic ring is 1. The lowest BCUT2D eigenvalue weighted by molar-refractivity contribution is 0.101. The van der Waals surface area contributed by atoms with Gasteiger partial charge in [-0.2, -0.15) is 10.1 Å². The highest BCUT2D eigenvalue weighted by Crippen LogP contribution is 2.14. The first-order valence-corrected chi connectivity index (χ1v) is 5.82. The fraction of sp³-hybridized carbons (Fsp3) is 0. The number of hydrogen-bond acceptors (Lipinski definition) is 5. The van der Waals surface area contributed by atoms with Crippen LogP contribution in [0.4, 0.5) is 11.6 Å². The Morgan fingerprint density at radius 3 is 2.95 bits per heavy atom. The molecule has 8 nitrogen and oxygen atoms in total. The summed E-state index contributed by atoms with van der Waals surface area (Å²) in [5.74, 6) is -0.320. The van der Waals surface area contributed by atoms with Crippen LogP contribution in [0.2, 0.25) is 0 Å². The van der Waals surface area contributed by atoms with Crippen molar-refractivity contribution >= 4 is 17.5 Å². The third kappa shape index (κ3) is 2.34. The molecule has 0 bridgehead atoms. The summed E-state index contributed by atoms with van der Waals surface area (Å²) in [6, 6.07) is 9.09. The molecule has 0 unspecified atom stereocenters. The number of carbonyl (C=O) groups excluding carboxylic acids is 1. The first-order chi connectivity index (χ1) is 9.72. The Morgan fingerprint density at radius 2 is 2.25 bits per heavy atom. The van der Waals surface area contributed by atoms with Crippen molar-refractivity contribution in [1.82, 2.24) is 25.0 Å². The molecule has 2 heterocycles. The van der Waals surface area contributed by atoms with Crippen LogP contribution < -0.4 is 11.1 Å². The van der Waals surface area contributed by atoms with Crippen LogP contribution in [0.3, 0.4) is 0 Å². The highest BCUT2D eigenvalue weighted by Gasteiger charge is 2.11. The largest absolute Gasteiger partial charge is 0.366 e. The van der Waals surface area contributed by atoms with Crippen molar-refractivity contribution in [3.63, 3.8) is 0 Å². The van der Waals surface area contributed by atoms with Gasteiger partial charge in [0.05, 0.1) is 5.69 Å². The molecule has 3 rings (SSSR count). The number of aromatic amines is 1. The Bertz CT molecular complexity index is 732. The summed E-state index contributed by atoms with van der Waals surface area (Å²) in [5.41, 5.74) is 6.81. The van der Waals surface area contributed by atoms with E-state index in [1.54, 1.807) is 23.0 Å². The van der Waals surface area contributed by atoms with E-state index < -0.39 is 5.91 Å². The Hall–Kier alpha value is -3.16. The van der Waals surface area contributed by atoms with Gasteiger partial charge in [0, 0.05) is 18.1 Å². The van der Waals surface area contributed by atoms with Crippen LogP contribution in [0.25, 0.3) is 5.69 Å². The highest BCUT2D eigenvalue weighted by atomic mass is 16.2. The molecule has 20 heavy (non-hydrogen) atoms. The number of H-pyrrole nitrogens is 1. The number of rotatable bonds is 3. The third-order valence-corrected chi connectivity index (χ3v) is 2.59. The molecule has 3 aromatic rings. The van der Waals surface area contributed by atoms with Crippen LogP contribution in [0.5, 0.6) is 0 Å². The average Bonchev–Trinajstić information content (AvgIpc) is 3.10. The maximum absolute atomic E-state index is 11.9. The van der Waals surface area contributed by atoms with Crippen molar-refractivity contribution in [2.75, 3.05) is 11.1 Å². The molecule has 0 spiro atoms. The quantitative estimate of drug-likeness (QED) is 0.651. The van der Waals surface area contributed by atoms with Crippen LogP contribution in [0.15, 0.2) is 42.7 Å². The number of carbonyl (C=O) groups is 1. The minimum atomic E-state index is -0.410. The monoisotopic (exact) mass is 269 g/mol. The van der Waals surface area contributed by atoms with E-state index in [1.807, 2.05) is 24.4 Å². The molecular weight excluding hydrogens is 258 g/mol. The Morgan fingerprint density at radius 1 is 1.35 bits per heavy atom. The van der Waals surface area contributed by atoms with E-state index >= 15 is 0 Å². The normalized spacial score (nSPS) is 10.4. The van der Waals surface area contributed by atoms with Crippen molar-refractivity contribution in [2.24, 2.45) is 0 Å². The van der Waals surface area contributed by atoms with E-state index in [9.17, 15) is 4.79 Å². The summed E-state index contributed by atoms with van der Waals surface area (Å²) in [6.07, 6.45) is 3.50. The van der Waals surface area contributed by atoms with Gasteiger partial charge in [-0.1, -0.05) is 6.07 Å². The van der Waals surface area contributed by atoms with Gasteiger partial charge in [0.15, 0.2) is 0 Å². The number of amides is 1. The summed E-state index contributed by atoms with van der Waals surface area (Å²) in [4.78, 5) is 15.7. The van der Waals surface area contributed by atoms with Gasteiger partial charge in [-0.25, -0.2) is 4.68 Å². The number of aromatic nitrogens is 5. The van der Waals surface area contributed by atoms with Crippen molar-refractivity contribution in [1.29, 1.82) is 0 Å². The van der Waals surface area contributed by atoms with E-state index in [1.165, 1.54) is 0 Å². The topological polar surface area (TPSA) is 115 Å². The molecule has 8 heteroatoms. The second-order valence-corrected chi connectivity index (χ2v) is 4.00. The maximum atomic E-state index is 11.9. The highest BCUT2D eigenvalue weighted by molar-refractivity contribution is 6.01. The van der Waals surface area contributed by atoms with Crippen molar-refractivity contribution in [3.05, 3.63) is 48.5 Å². The first kappa shape index (κ1) is 11.9. The number of nitrogens with zero attached hydrogens (tertiary/aromatic N) is 4. The van der Waals surface area contributed by atoms with Crippen LogP contribution in [0, 0.1) is 0 Å². The van der Waals surface area contributed by atoms with Crippen LogP contribution in [-0.4, -0.2) is 30.9 Å². The summed E-state index contributed by atoms with van der Waals surface area (Å²) < 4.78 is 1.70. The Balaban J connectivity index is 1.81. The molecule has 2 aromatic heterocycles. The number of nitrogens with one attached hydrogen (secondary N) is 2. The van der Waals surface area contributed by atoms with Gasteiger partial charge >= 0.3 is 0 Å². The van der Waals surface area contributed by atoms with Crippen LogP contribution in [-0.2, 0) is 0 Å². The predicted molar refractivity (Wildman–Crippen MR) is 72.3 cm³/mol. The van der Waals surface area contributed by atoms with Gasteiger partial charge in [0.1, 0.15) is 0 Å². The molecular formula is C12H11N7O. The van der Waals surface area contributed by atoms with Gasteiger partial charge in [0.2, 0.25) is 11.8 Å². The molecule has 0 aliphatic rings. The summed E-state index contributed by atoms with van der Waals surface area (Å²) >= 11 is 0. The maximum Gasteiger partial charge on any atom is 0.293 e. The lowest BCUT2D eigenvalue weighted by Crippen LogP contribution is -2.14. The molecule has 0 atom stereocenters. The number of hydrogen-bond donors (Lipinski definition) is 3. The lowest BCUT2D eigenvalue weighted by Gasteiger charge is -2.06. The van der Waals surface area contributed by atoms with Crippen LogP contribution in [0.1, 0.15) is 10.6 Å². The summed E-state index contributed by atoms with van der Waals surface area (Å²) in [7, 11) is 0. The second-order valence-electron chi connectivity index (χ2n) is 4.00. The van der Waals surface area contributed by atoms with Crippen LogP contribution >= 0.6 is 0 Å². The number of benzene rings is 1. The minimum absolute atomic E-state index is 0.0282. The minimum Gasteiger partial charge on any atom is -0.366 e. The molecule has 0 radical (unpaired) electrons. The van der Waals surface area contributed by atoms with E-state index in [0.717, 1.165) is 5.69 Å². The smallest absolute Gasteiger partial charge is 0.293 e. The zero-order chi connectivity index (χ0) is 13.9. The van der Waals surface area contributed by atoms with E-state index in [0.29, 0.717) is 5.69 Å². The second kappa shape index (κ2) is 4.84. The summed E-state index contributed by atoms with van der Waals surface area (Å²) in [6.45, 7) is 0. The molecule has 1 aromatic carbocycles. The van der Waals surface area contributed by atoms with Gasteiger partial charge in [-0.3, -0.25) is 9.89 Å². The zero-order valence-corrected chi connectivity index (χ0v) is 10.3. The van der Waals surface area contributed by atoms with E-state index in [-0.39, 0.29) is 11.8 Å². The first-order valence-electron chi connectivity index (χ1n) is 5.82. The Labute approximate surface area is 113 Å². The predicted octanol–water partition coefficient (Wildman–Crippen LogP) is 0.825. The third-order valence-electron chi connectivity index (χ3n) is 2.59. The fourth-order valence-electron chi connectivity index (χ4n) is 1.71. The molecule has 100 valence electrons. The fourth-order valence-corrected chi connectivity index (χ4v) is 1.71. The van der Waals surface area contributed by atoms with Gasteiger partial charge < -0.3 is 11.1 Å². The van der Waals surface area contributed by atoms with E-state index in [2.05, 4.69) is 25.6 Å². The molecule has 0 saturated carbocycles. The standard InChI is InChI=1S/C12H11N7O/c13-12-16-10(17-18-12)11(20)15-8-3-1-4-9(7-8)19-6-2-5-14-19/h1-7H,(H,15,20)(H3,13,16,17,18). The Kier molecular flexibility index (Phi) is 2.88. The lowest BCUT2D eigenvalue weighted by atomic mass is 10.2. The zero-order valence-electron chi connectivity index (χ0n) is 10.3. The molecule has 0 aliphatic heterocycles. The molecule has 4 N–H and O–H groups in total. The van der Waals surface area contributed by atoms with Crippen molar-refractivity contribution in [2.45, 2.75) is 0 Å². The molecule has 1 amide bonds. The number of nitrogens with two attached hydrogens (primary N) is 1. The molecule has 0 aliphatic carbocycles. The van der Waals surface area contributed by atoms with Crippen molar-refractivity contribution in [3.8, 4) is 5.69 Å².